The summed E-state index contributed by atoms with van der Waals surface area (Å²) in [5.74, 6) is -1.37. The Kier molecular flexibility index (Phi) is 7.06. The van der Waals surface area contributed by atoms with Crippen LogP contribution in [-0.2, 0) is 16.0 Å². The number of ether oxygens (including phenoxy) is 1. The number of nitrogens with zero attached hydrogens (tertiary/aromatic N) is 1. The predicted molar refractivity (Wildman–Crippen MR) is 125 cm³/mol. The molecule has 1 aliphatic rings. The molecule has 0 aliphatic carbocycles. The van der Waals surface area contributed by atoms with E-state index in [1.165, 1.54) is 24.6 Å². The van der Waals surface area contributed by atoms with Crippen molar-refractivity contribution in [2.24, 2.45) is 0 Å². The molecular formula is C25H32FN3O3. The Hall–Kier alpha value is -3.09. The zero-order chi connectivity index (χ0) is 23.5. The van der Waals surface area contributed by atoms with Crippen molar-refractivity contribution in [2.75, 3.05) is 22.5 Å². The van der Waals surface area contributed by atoms with Gasteiger partial charge in [0, 0.05) is 23.8 Å². The van der Waals surface area contributed by atoms with Crippen LogP contribution in [0.5, 0.6) is 0 Å². The molecule has 0 bridgehead atoms. The van der Waals surface area contributed by atoms with Crippen LogP contribution in [0.3, 0.4) is 0 Å². The first-order valence-electron chi connectivity index (χ1n) is 11.0. The maximum atomic E-state index is 13.8. The Morgan fingerprint density at radius 3 is 2.59 bits per heavy atom. The zero-order valence-electron chi connectivity index (χ0n) is 19.2. The number of nitrogens with two attached hydrogens (primary N) is 1. The molecule has 0 saturated carbocycles. The van der Waals surface area contributed by atoms with Crippen LogP contribution in [0, 0.1) is 5.82 Å². The largest absolute Gasteiger partial charge is 0.460 e. The Morgan fingerprint density at radius 2 is 1.94 bits per heavy atom. The van der Waals surface area contributed by atoms with E-state index in [0.717, 1.165) is 25.1 Å². The molecule has 0 radical (unpaired) electrons. The average molecular weight is 442 g/mol. The fourth-order valence-corrected chi connectivity index (χ4v) is 3.97. The number of anilines is 3. The number of esters is 1. The van der Waals surface area contributed by atoms with Gasteiger partial charge >= 0.3 is 5.97 Å². The summed E-state index contributed by atoms with van der Waals surface area (Å²) in [5, 5.41) is 2.77. The van der Waals surface area contributed by atoms with E-state index in [1.807, 2.05) is 6.07 Å². The van der Waals surface area contributed by atoms with Gasteiger partial charge in [-0.1, -0.05) is 0 Å². The summed E-state index contributed by atoms with van der Waals surface area (Å²) >= 11 is 0. The second kappa shape index (κ2) is 9.59. The number of rotatable bonds is 5. The number of benzene rings is 2. The molecule has 1 heterocycles. The molecule has 1 aliphatic heterocycles. The Bertz CT molecular complexity index is 1000. The van der Waals surface area contributed by atoms with Gasteiger partial charge < -0.3 is 20.7 Å². The highest BCUT2D eigenvalue weighted by Crippen LogP contribution is 2.30. The van der Waals surface area contributed by atoms with Crippen LogP contribution in [0.1, 0.15) is 62.9 Å². The zero-order valence-corrected chi connectivity index (χ0v) is 19.2. The third-order valence-electron chi connectivity index (χ3n) is 5.47. The fourth-order valence-electron chi connectivity index (χ4n) is 3.97. The van der Waals surface area contributed by atoms with E-state index in [-0.39, 0.29) is 12.3 Å². The highest BCUT2D eigenvalue weighted by atomic mass is 19.1. The van der Waals surface area contributed by atoms with Crippen LogP contribution in [0.4, 0.5) is 21.5 Å². The molecule has 0 spiro atoms. The molecule has 2 aromatic carbocycles. The predicted octanol–water partition coefficient (Wildman–Crippen LogP) is 4.92. The lowest BCUT2D eigenvalue weighted by molar-refractivity contribution is -0.153. The van der Waals surface area contributed by atoms with E-state index in [0.29, 0.717) is 28.5 Å². The number of carbonyl (C=O) groups is 2. The molecule has 32 heavy (non-hydrogen) atoms. The molecule has 2 aromatic rings. The summed E-state index contributed by atoms with van der Waals surface area (Å²) in [4.78, 5) is 27.4. The van der Waals surface area contributed by atoms with E-state index in [1.54, 1.807) is 32.9 Å². The van der Waals surface area contributed by atoms with Gasteiger partial charge in [-0.05, 0) is 88.9 Å². The first-order chi connectivity index (χ1) is 15.0. The van der Waals surface area contributed by atoms with Gasteiger partial charge in [0.1, 0.15) is 11.4 Å². The lowest BCUT2D eigenvalue weighted by atomic mass is 10.0. The Balaban J connectivity index is 1.77. The molecule has 6 nitrogen and oxygen atoms in total. The fraction of sp³-hybridized carbons (Fsp3) is 0.440. The van der Waals surface area contributed by atoms with E-state index < -0.39 is 17.4 Å². The van der Waals surface area contributed by atoms with Crippen LogP contribution in [0.25, 0.3) is 0 Å². The number of nitrogen functional groups attached to an aromatic ring is 1. The van der Waals surface area contributed by atoms with Crippen molar-refractivity contribution in [3.63, 3.8) is 0 Å². The van der Waals surface area contributed by atoms with E-state index in [9.17, 15) is 14.0 Å². The molecule has 3 rings (SSSR count). The number of piperidine rings is 1. The number of hydrogen-bond donors (Lipinski definition) is 2. The number of nitrogens with one attached hydrogen (secondary N) is 1. The second-order valence-corrected chi connectivity index (χ2v) is 9.33. The first kappa shape index (κ1) is 23.6. The summed E-state index contributed by atoms with van der Waals surface area (Å²) in [5.41, 5.74) is 8.20. The third kappa shape index (κ3) is 5.99. The van der Waals surface area contributed by atoms with Crippen LogP contribution < -0.4 is 16.0 Å². The molecule has 1 saturated heterocycles. The van der Waals surface area contributed by atoms with Gasteiger partial charge in [0.2, 0.25) is 0 Å². The minimum atomic E-state index is -0.654. The van der Waals surface area contributed by atoms with Gasteiger partial charge in [0.05, 0.1) is 17.8 Å². The standard InChI is InChI=1S/C25H32FN3O3/c1-16-7-5-6-12-29(16)22-11-8-17(14-20(22)27)24(31)28-21-10-9-19(26)13-18(21)15-23(30)32-25(2,3)4/h8-11,13-14,16H,5-7,12,15,27H2,1-4H3,(H,28,31). The highest BCUT2D eigenvalue weighted by molar-refractivity contribution is 6.06. The van der Waals surface area contributed by atoms with Crippen LogP contribution in [-0.4, -0.2) is 30.1 Å². The van der Waals surface area contributed by atoms with Crippen molar-refractivity contribution >= 4 is 28.9 Å². The maximum Gasteiger partial charge on any atom is 0.310 e. The smallest absolute Gasteiger partial charge is 0.310 e. The minimum Gasteiger partial charge on any atom is -0.460 e. The number of carbonyl (C=O) groups excluding carboxylic acids is 2. The molecule has 1 fully saturated rings. The molecule has 1 atom stereocenters. The SMILES string of the molecule is CC1CCCCN1c1ccc(C(=O)Nc2ccc(F)cc2CC(=O)OC(C)(C)C)cc1N. The molecule has 172 valence electrons. The number of amides is 1. The summed E-state index contributed by atoms with van der Waals surface area (Å²) < 4.78 is 19.1. The van der Waals surface area contributed by atoms with Gasteiger partial charge in [0.25, 0.3) is 5.91 Å². The van der Waals surface area contributed by atoms with Crippen molar-refractivity contribution in [2.45, 2.75) is 65.0 Å². The van der Waals surface area contributed by atoms with Crippen molar-refractivity contribution in [1.29, 1.82) is 0 Å². The molecule has 7 heteroatoms. The van der Waals surface area contributed by atoms with Crippen molar-refractivity contribution in [3.8, 4) is 0 Å². The Labute approximate surface area is 188 Å². The summed E-state index contributed by atoms with van der Waals surface area (Å²) in [6.07, 6.45) is 3.30. The molecule has 0 aromatic heterocycles. The normalized spacial score (nSPS) is 16.5. The molecule has 1 unspecified atom stereocenters. The summed E-state index contributed by atoms with van der Waals surface area (Å²) in [6, 6.07) is 9.58. The van der Waals surface area contributed by atoms with Crippen LogP contribution >= 0.6 is 0 Å². The minimum absolute atomic E-state index is 0.154. The molecule has 3 N–H and O–H groups in total. The Morgan fingerprint density at radius 1 is 1.19 bits per heavy atom. The lowest BCUT2D eigenvalue weighted by Gasteiger charge is -2.36. The number of halogens is 1. The highest BCUT2D eigenvalue weighted by Gasteiger charge is 2.22. The first-order valence-corrected chi connectivity index (χ1v) is 11.0. The van der Waals surface area contributed by atoms with Gasteiger partial charge in [-0.15, -0.1) is 0 Å². The monoisotopic (exact) mass is 441 g/mol. The lowest BCUT2D eigenvalue weighted by Crippen LogP contribution is -2.37. The summed E-state index contributed by atoms with van der Waals surface area (Å²) in [6.45, 7) is 8.41. The van der Waals surface area contributed by atoms with E-state index in [2.05, 4.69) is 17.1 Å². The quantitative estimate of drug-likeness (QED) is 0.508. The maximum absolute atomic E-state index is 13.8. The van der Waals surface area contributed by atoms with Crippen molar-refractivity contribution in [1.82, 2.24) is 0 Å². The van der Waals surface area contributed by atoms with Gasteiger partial charge in [-0.3, -0.25) is 9.59 Å². The molecular weight excluding hydrogens is 409 g/mol. The average Bonchev–Trinajstić information content (AvgIpc) is 2.69. The number of hydrogen-bond acceptors (Lipinski definition) is 5. The van der Waals surface area contributed by atoms with Gasteiger partial charge in [-0.25, -0.2) is 4.39 Å². The topological polar surface area (TPSA) is 84.7 Å². The van der Waals surface area contributed by atoms with Crippen molar-refractivity contribution < 1.29 is 18.7 Å². The van der Waals surface area contributed by atoms with Crippen molar-refractivity contribution in [3.05, 3.63) is 53.3 Å². The van der Waals surface area contributed by atoms with Crippen LogP contribution in [0.2, 0.25) is 0 Å². The van der Waals surface area contributed by atoms with Gasteiger partial charge in [0.15, 0.2) is 0 Å². The van der Waals surface area contributed by atoms with Crippen LogP contribution in [0.15, 0.2) is 36.4 Å². The van der Waals surface area contributed by atoms with E-state index >= 15 is 0 Å². The van der Waals surface area contributed by atoms with Gasteiger partial charge in [-0.2, -0.15) is 0 Å². The third-order valence-corrected chi connectivity index (χ3v) is 5.47. The molecule has 1 amide bonds. The second-order valence-electron chi connectivity index (χ2n) is 9.33. The summed E-state index contributed by atoms with van der Waals surface area (Å²) in [7, 11) is 0. The van der Waals surface area contributed by atoms with E-state index in [4.69, 9.17) is 10.5 Å².